The van der Waals surface area contributed by atoms with E-state index in [9.17, 15) is 9.59 Å². The van der Waals surface area contributed by atoms with Crippen molar-refractivity contribution in [2.75, 3.05) is 26.6 Å². The summed E-state index contributed by atoms with van der Waals surface area (Å²) >= 11 is 1.35. The van der Waals surface area contributed by atoms with Crippen molar-refractivity contribution < 1.29 is 28.5 Å². The van der Waals surface area contributed by atoms with E-state index in [-0.39, 0.29) is 17.6 Å². The van der Waals surface area contributed by atoms with Gasteiger partial charge in [0.05, 0.1) is 38.6 Å². The van der Waals surface area contributed by atoms with Crippen LogP contribution in [0.1, 0.15) is 59.2 Å². The molecule has 29 heavy (non-hydrogen) atoms. The van der Waals surface area contributed by atoms with E-state index in [2.05, 4.69) is 5.32 Å². The average Bonchev–Trinajstić information content (AvgIpc) is 3.10. The predicted molar refractivity (Wildman–Crippen MR) is 113 cm³/mol. The van der Waals surface area contributed by atoms with Crippen molar-refractivity contribution in [3.8, 4) is 17.2 Å². The zero-order valence-electron chi connectivity index (χ0n) is 17.7. The van der Waals surface area contributed by atoms with Crippen LogP contribution in [0.25, 0.3) is 0 Å². The monoisotopic (exact) mass is 421 g/mol. The summed E-state index contributed by atoms with van der Waals surface area (Å²) in [4.78, 5) is 26.5. The van der Waals surface area contributed by atoms with Crippen molar-refractivity contribution in [1.29, 1.82) is 0 Å². The Balaban J connectivity index is 2.43. The summed E-state index contributed by atoms with van der Waals surface area (Å²) in [5.74, 6) is 0.461. The third kappa shape index (κ3) is 5.20. The number of amides is 1. The Bertz CT molecular complexity index is 888. The summed E-state index contributed by atoms with van der Waals surface area (Å²) in [7, 11) is 4.45. The summed E-state index contributed by atoms with van der Waals surface area (Å²) in [6.45, 7) is 7.60. The minimum atomic E-state index is -0.474. The Kier molecular flexibility index (Phi) is 7.50. The zero-order valence-corrected chi connectivity index (χ0v) is 18.6. The zero-order chi connectivity index (χ0) is 21.7. The maximum absolute atomic E-state index is 13.0. The van der Waals surface area contributed by atoms with Crippen molar-refractivity contribution in [3.05, 3.63) is 34.2 Å². The van der Waals surface area contributed by atoms with Crippen LogP contribution >= 0.6 is 11.3 Å². The van der Waals surface area contributed by atoms with Gasteiger partial charge in [-0.2, -0.15) is 0 Å². The molecule has 0 unspecified atom stereocenters. The molecule has 0 aliphatic rings. The van der Waals surface area contributed by atoms with Crippen LogP contribution in [-0.2, 0) is 4.74 Å². The minimum Gasteiger partial charge on any atom is -0.496 e. The van der Waals surface area contributed by atoms with Crippen LogP contribution in [0.3, 0.4) is 0 Å². The first-order chi connectivity index (χ1) is 13.7. The van der Waals surface area contributed by atoms with Crippen LogP contribution < -0.4 is 19.5 Å². The molecular weight excluding hydrogens is 394 g/mol. The van der Waals surface area contributed by atoms with Crippen LogP contribution in [0.2, 0.25) is 0 Å². The number of methoxy groups -OCH3 is 3. The van der Waals surface area contributed by atoms with Gasteiger partial charge in [-0.1, -0.05) is 13.8 Å². The second kappa shape index (κ2) is 9.65. The number of carbonyl (C=O) groups excluding carboxylic acids is 2. The van der Waals surface area contributed by atoms with Crippen molar-refractivity contribution >= 4 is 28.2 Å². The van der Waals surface area contributed by atoms with Gasteiger partial charge in [-0.25, -0.2) is 4.79 Å². The highest BCUT2D eigenvalue weighted by molar-refractivity contribution is 7.16. The fourth-order valence-electron chi connectivity index (χ4n) is 2.59. The lowest BCUT2D eigenvalue weighted by Gasteiger charge is -2.14. The highest BCUT2D eigenvalue weighted by atomic mass is 32.1. The summed E-state index contributed by atoms with van der Waals surface area (Å²) in [5.41, 5.74) is 0.591. The van der Waals surface area contributed by atoms with E-state index in [0.29, 0.717) is 27.8 Å². The largest absolute Gasteiger partial charge is 0.496 e. The molecule has 0 radical (unpaired) electrons. The second-order valence-electron chi connectivity index (χ2n) is 6.86. The van der Waals surface area contributed by atoms with Crippen molar-refractivity contribution in [3.63, 3.8) is 0 Å². The SMILES string of the molecule is COc1cc(OC)c(C(=O)Nc2sc(C(C)C)cc2C(=O)OC(C)C)cc1OC. The fourth-order valence-corrected chi connectivity index (χ4v) is 3.64. The van der Waals surface area contributed by atoms with Crippen LogP contribution in [0, 0.1) is 0 Å². The molecule has 0 saturated heterocycles. The van der Waals surface area contributed by atoms with E-state index in [4.69, 9.17) is 18.9 Å². The van der Waals surface area contributed by atoms with Crippen molar-refractivity contribution in [1.82, 2.24) is 0 Å². The third-order valence-corrected chi connectivity index (χ3v) is 5.41. The number of esters is 1. The molecule has 1 N–H and O–H groups in total. The Labute approximate surface area is 174 Å². The molecule has 0 aliphatic carbocycles. The number of benzene rings is 1. The van der Waals surface area contributed by atoms with Gasteiger partial charge in [-0.3, -0.25) is 4.79 Å². The van der Waals surface area contributed by atoms with Crippen LogP contribution in [0.5, 0.6) is 17.2 Å². The molecule has 0 aliphatic heterocycles. The molecule has 1 aromatic heterocycles. The first kappa shape index (κ1) is 22.5. The van der Waals surface area contributed by atoms with Gasteiger partial charge in [0.15, 0.2) is 11.5 Å². The highest BCUT2D eigenvalue weighted by Crippen LogP contribution is 2.37. The van der Waals surface area contributed by atoms with E-state index in [0.717, 1.165) is 4.88 Å². The van der Waals surface area contributed by atoms with E-state index in [1.807, 2.05) is 13.8 Å². The van der Waals surface area contributed by atoms with Crippen LogP contribution in [0.15, 0.2) is 18.2 Å². The molecule has 0 bridgehead atoms. The smallest absolute Gasteiger partial charge is 0.341 e. The van der Waals surface area contributed by atoms with Gasteiger partial charge in [-0.15, -0.1) is 11.3 Å². The van der Waals surface area contributed by atoms with Crippen molar-refractivity contribution in [2.24, 2.45) is 0 Å². The van der Waals surface area contributed by atoms with Gasteiger partial charge in [-0.05, 0) is 25.8 Å². The number of rotatable bonds is 8. The molecule has 2 rings (SSSR count). The maximum Gasteiger partial charge on any atom is 0.341 e. The molecule has 8 heteroatoms. The molecular formula is C21H27NO6S. The summed E-state index contributed by atoms with van der Waals surface area (Å²) < 4.78 is 21.2. The first-order valence-electron chi connectivity index (χ1n) is 9.17. The van der Waals surface area contributed by atoms with Gasteiger partial charge < -0.3 is 24.3 Å². The summed E-state index contributed by atoms with van der Waals surface area (Å²) in [6.07, 6.45) is -0.264. The lowest BCUT2D eigenvalue weighted by molar-refractivity contribution is 0.0379. The fraction of sp³-hybridized carbons (Fsp3) is 0.429. The number of carbonyl (C=O) groups is 2. The lowest BCUT2D eigenvalue weighted by Crippen LogP contribution is -2.17. The van der Waals surface area contributed by atoms with Crippen LogP contribution in [-0.4, -0.2) is 39.3 Å². The molecule has 0 spiro atoms. The number of hydrogen-bond acceptors (Lipinski definition) is 7. The topological polar surface area (TPSA) is 83.1 Å². The molecule has 1 aromatic carbocycles. The molecule has 158 valence electrons. The average molecular weight is 422 g/mol. The van der Waals surface area contributed by atoms with Crippen molar-refractivity contribution in [2.45, 2.75) is 39.7 Å². The van der Waals surface area contributed by atoms with Crippen LogP contribution in [0.4, 0.5) is 5.00 Å². The normalized spacial score (nSPS) is 10.8. The lowest BCUT2D eigenvalue weighted by atomic mass is 10.1. The maximum atomic E-state index is 13.0. The quantitative estimate of drug-likeness (QED) is 0.621. The molecule has 0 atom stereocenters. The Morgan fingerprint density at radius 3 is 1.97 bits per heavy atom. The van der Waals surface area contributed by atoms with Gasteiger partial charge in [0, 0.05) is 17.0 Å². The molecule has 2 aromatic rings. The minimum absolute atomic E-state index is 0.201. The number of nitrogens with one attached hydrogen (secondary N) is 1. The third-order valence-electron chi connectivity index (χ3n) is 4.06. The van der Waals surface area contributed by atoms with Gasteiger partial charge in [0.25, 0.3) is 5.91 Å². The Morgan fingerprint density at radius 2 is 1.45 bits per heavy atom. The first-order valence-corrected chi connectivity index (χ1v) is 9.99. The number of anilines is 1. The summed E-state index contributed by atoms with van der Waals surface area (Å²) in [6, 6.07) is 4.88. The number of hydrogen-bond donors (Lipinski definition) is 1. The molecule has 1 amide bonds. The summed E-state index contributed by atoms with van der Waals surface area (Å²) in [5, 5.41) is 3.25. The van der Waals surface area contributed by atoms with E-state index in [1.54, 1.807) is 26.0 Å². The van der Waals surface area contributed by atoms with E-state index in [1.165, 1.54) is 38.7 Å². The Hall–Kier alpha value is -2.74. The molecule has 0 saturated carbocycles. The van der Waals surface area contributed by atoms with Gasteiger partial charge in [0.1, 0.15) is 10.8 Å². The predicted octanol–water partition coefficient (Wildman–Crippen LogP) is 4.71. The molecule has 1 heterocycles. The number of thiophene rings is 1. The Morgan fingerprint density at radius 1 is 0.862 bits per heavy atom. The second-order valence-corrected chi connectivity index (χ2v) is 7.95. The molecule has 0 fully saturated rings. The standard InChI is InChI=1S/C21H27NO6S/c1-11(2)18-9-14(21(24)28-12(3)4)20(29-18)22-19(23)13-8-16(26-6)17(27-7)10-15(13)25-5/h8-12H,1-7H3,(H,22,23). The van der Waals surface area contributed by atoms with E-state index >= 15 is 0 Å². The van der Waals surface area contributed by atoms with E-state index < -0.39 is 11.9 Å². The highest BCUT2D eigenvalue weighted by Gasteiger charge is 2.24. The number of ether oxygens (including phenoxy) is 4. The van der Waals surface area contributed by atoms with Gasteiger partial charge in [0.2, 0.25) is 0 Å². The van der Waals surface area contributed by atoms with Gasteiger partial charge >= 0.3 is 5.97 Å². The molecule has 7 nitrogen and oxygen atoms in total.